The van der Waals surface area contributed by atoms with E-state index in [1.165, 1.54) is 18.2 Å². The van der Waals surface area contributed by atoms with Crippen molar-refractivity contribution in [2.75, 3.05) is 0 Å². The Kier molecular flexibility index (Phi) is 4.70. The maximum absolute atomic E-state index is 11.0. The van der Waals surface area contributed by atoms with Gasteiger partial charge in [-0.2, -0.15) is 0 Å². The van der Waals surface area contributed by atoms with Crippen LogP contribution in [0, 0.1) is 10.1 Å². The van der Waals surface area contributed by atoms with E-state index in [2.05, 4.69) is 0 Å². The lowest BCUT2D eigenvalue weighted by atomic mass is 10.2. The van der Waals surface area contributed by atoms with Crippen LogP contribution in [-0.2, 0) is 5.88 Å². The molecule has 0 radical (unpaired) electrons. The molecule has 0 spiro atoms. The highest BCUT2D eigenvalue weighted by Crippen LogP contribution is 2.36. The number of rotatable bonds is 4. The van der Waals surface area contributed by atoms with Crippen LogP contribution in [-0.4, -0.2) is 4.92 Å². The minimum absolute atomic E-state index is 0.0381. The zero-order valence-corrected chi connectivity index (χ0v) is 12.2. The van der Waals surface area contributed by atoms with Crippen LogP contribution in [0.25, 0.3) is 0 Å². The van der Waals surface area contributed by atoms with E-state index < -0.39 is 4.92 Å². The second-order valence-corrected chi connectivity index (χ2v) is 5.00. The van der Waals surface area contributed by atoms with Crippen molar-refractivity contribution in [3.05, 3.63) is 62.1 Å². The van der Waals surface area contributed by atoms with Gasteiger partial charge in [0.05, 0.1) is 10.8 Å². The standard InChI is InChI=1S/C13H8Cl3NO3/c14-7-8-1-2-9(15)5-12(8)20-13-6-10(16)3-4-11(13)17(18)19/h1-6H,7H2. The van der Waals surface area contributed by atoms with Gasteiger partial charge < -0.3 is 4.74 Å². The summed E-state index contributed by atoms with van der Waals surface area (Å²) in [6, 6.07) is 8.98. The van der Waals surface area contributed by atoms with Crippen molar-refractivity contribution in [2.45, 2.75) is 5.88 Å². The topological polar surface area (TPSA) is 52.4 Å². The van der Waals surface area contributed by atoms with Gasteiger partial charge in [-0.15, -0.1) is 11.6 Å². The number of ether oxygens (including phenoxy) is 1. The third-order valence-corrected chi connectivity index (χ3v) is 3.27. The van der Waals surface area contributed by atoms with Gasteiger partial charge in [0, 0.05) is 27.7 Å². The third kappa shape index (κ3) is 3.33. The monoisotopic (exact) mass is 331 g/mol. The highest BCUT2D eigenvalue weighted by molar-refractivity contribution is 6.31. The first-order valence-electron chi connectivity index (χ1n) is 5.47. The van der Waals surface area contributed by atoms with Gasteiger partial charge in [0.25, 0.3) is 0 Å². The fourth-order valence-corrected chi connectivity index (χ4v) is 2.12. The van der Waals surface area contributed by atoms with Crippen LogP contribution in [0.2, 0.25) is 10.0 Å². The van der Waals surface area contributed by atoms with Gasteiger partial charge in [0.1, 0.15) is 5.75 Å². The Bertz CT molecular complexity index is 661. The molecule has 0 bridgehead atoms. The summed E-state index contributed by atoms with van der Waals surface area (Å²) in [7, 11) is 0. The van der Waals surface area contributed by atoms with Crippen molar-refractivity contribution in [2.24, 2.45) is 0 Å². The molecule has 0 heterocycles. The first-order valence-corrected chi connectivity index (χ1v) is 6.76. The van der Waals surface area contributed by atoms with Gasteiger partial charge in [0.2, 0.25) is 5.75 Å². The molecular weight excluding hydrogens is 325 g/mol. The average Bonchev–Trinajstić information content (AvgIpc) is 2.38. The lowest BCUT2D eigenvalue weighted by Crippen LogP contribution is -1.95. The number of halogens is 3. The Labute approximate surface area is 130 Å². The fourth-order valence-electron chi connectivity index (χ4n) is 1.57. The fraction of sp³-hybridized carbons (Fsp3) is 0.0769. The van der Waals surface area contributed by atoms with Crippen molar-refractivity contribution in [3.8, 4) is 11.5 Å². The van der Waals surface area contributed by atoms with Gasteiger partial charge in [-0.1, -0.05) is 29.3 Å². The van der Waals surface area contributed by atoms with Crippen LogP contribution in [0.5, 0.6) is 11.5 Å². The molecule has 0 atom stereocenters. The summed E-state index contributed by atoms with van der Waals surface area (Å²) in [6.07, 6.45) is 0. The average molecular weight is 333 g/mol. The maximum atomic E-state index is 11.0. The number of nitro groups is 1. The molecule has 2 rings (SSSR count). The van der Waals surface area contributed by atoms with Gasteiger partial charge >= 0.3 is 5.69 Å². The molecule has 4 nitrogen and oxygen atoms in total. The van der Waals surface area contributed by atoms with Crippen molar-refractivity contribution in [1.82, 2.24) is 0 Å². The van der Waals surface area contributed by atoms with Crippen LogP contribution in [0.3, 0.4) is 0 Å². The van der Waals surface area contributed by atoms with E-state index in [9.17, 15) is 10.1 Å². The van der Waals surface area contributed by atoms with Crippen molar-refractivity contribution >= 4 is 40.5 Å². The Hall–Kier alpha value is -1.49. The molecule has 20 heavy (non-hydrogen) atoms. The number of nitro benzene ring substituents is 1. The molecule has 0 aliphatic heterocycles. The van der Waals surface area contributed by atoms with Crippen LogP contribution < -0.4 is 4.74 Å². The van der Waals surface area contributed by atoms with Gasteiger partial charge in [-0.25, -0.2) is 0 Å². The SMILES string of the molecule is O=[N+]([O-])c1ccc(Cl)cc1Oc1cc(Cl)ccc1CCl. The zero-order chi connectivity index (χ0) is 14.7. The van der Waals surface area contributed by atoms with E-state index in [-0.39, 0.29) is 17.3 Å². The number of hydrogen-bond donors (Lipinski definition) is 0. The summed E-state index contributed by atoms with van der Waals surface area (Å²) >= 11 is 17.5. The quantitative estimate of drug-likeness (QED) is 0.426. The molecule has 2 aromatic rings. The number of alkyl halides is 1. The summed E-state index contributed by atoms with van der Waals surface area (Å²) in [5, 5.41) is 11.8. The third-order valence-electron chi connectivity index (χ3n) is 2.51. The Morgan fingerprint density at radius 2 is 1.65 bits per heavy atom. The first-order chi connectivity index (χ1) is 9.51. The minimum atomic E-state index is -0.545. The lowest BCUT2D eigenvalue weighted by molar-refractivity contribution is -0.385. The van der Waals surface area contributed by atoms with E-state index >= 15 is 0 Å². The molecule has 0 aliphatic rings. The summed E-state index contributed by atoms with van der Waals surface area (Å²) in [5.41, 5.74) is 0.486. The van der Waals surface area contributed by atoms with Crippen LogP contribution in [0.1, 0.15) is 5.56 Å². The molecule has 2 aromatic carbocycles. The molecule has 0 aliphatic carbocycles. The second-order valence-electron chi connectivity index (χ2n) is 3.86. The molecule has 0 saturated carbocycles. The Morgan fingerprint density at radius 3 is 2.25 bits per heavy atom. The van der Waals surface area contributed by atoms with Gasteiger partial charge in [-0.05, 0) is 18.2 Å². The van der Waals surface area contributed by atoms with E-state index in [1.807, 2.05) is 0 Å². The smallest absolute Gasteiger partial charge is 0.311 e. The summed E-state index contributed by atoms with van der Waals surface area (Å²) in [4.78, 5) is 10.4. The molecule has 0 N–H and O–H groups in total. The maximum Gasteiger partial charge on any atom is 0.311 e. The van der Waals surface area contributed by atoms with Gasteiger partial charge in [-0.3, -0.25) is 10.1 Å². The molecule has 0 unspecified atom stereocenters. The van der Waals surface area contributed by atoms with Crippen LogP contribution in [0.4, 0.5) is 5.69 Å². The van der Waals surface area contributed by atoms with Crippen molar-refractivity contribution in [3.63, 3.8) is 0 Å². The minimum Gasteiger partial charge on any atom is -0.450 e. The largest absolute Gasteiger partial charge is 0.450 e. The van der Waals surface area contributed by atoms with Crippen LogP contribution >= 0.6 is 34.8 Å². The highest BCUT2D eigenvalue weighted by atomic mass is 35.5. The Morgan fingerprint density at radius 1 is 1.05 bits per heavy atom. The summed E-state index contributed by atoms with van der Waals surface area (Å²) in [5.74, 6) is 0.593. The van der Waals surface area contributed by atoms with Crippen LogP contribution in [0.15, 0.2) is 36.4 Å². The zero-order valence-electron chi connectivity index (χ0n) is 9.98. The Balaban J connectivity index is 2.46. The molecule has 104 valence electrons. The van der Waals surface area contributed by atoms with Crippen molar-refractivity contribution in [1.29, 1.82) is 0 Å². The lowest BCUT2D eigenvalue weighted by Gasteiger charge is -2.10. The summed E-state index contributed by atoms with van der Waals surface area (Å²) < 4.78 is 5.56. The summed E-state index contributed by atoms with van der Waals surface area (Å²) in [6.45, 7) is 0. The predicted octanol–water partition coefficient (Wildman–Crippen LogP) is 5.43. The van der Waals surface area contributed by atoms with E-state index in [4.69, 9.17) is 39.5 Å². The molecule has 0 fully saturated rings. The highest BCUT2D eigenvalue weighted by Gasteiger charge is 2.17. The molecular formula is C13H8Cl3NO3. The second kappa shape index (κ2) is 6.31. The molecule has 7 heteroatoms. The molecule has 0 saturated heterocycles. The molecule has 0 amide bonds. The number of benzene rings is 2. The molecule has 0 aromatic heterocycles. The van der Waals surface area contributed by atoms with Gasteiger partial charge in [0.15, 0.2) is 0 Å². The van der Waals surface area contributed by atoms with E-state index in [0.29, 0.717) is 21.4 Å². The normalized spacial score (nSPS) is 10.3. The van der Waals surface area contributed by atoms with E-state index in [1.54, 1.807) is 18.2 Å². The van der Waals surface area contributed by atoms with E-state index in [0.717, 1.165) is 0 Å². The number of nitrogens with zero attached hydrogens (tertiary/aromatic N) is 1. The number of hydrogen-bond acceptors (Lipinski definition) is 3. The first kappa shape index (κ1) is 14.9. The predicted molar refractivity (Wildman–Crippen MR) is 79.2 cm³/mol. The van der Waals surface area contributed by atoms with Crippen molar-refractivity contribution < 1.29 is 9.66 Å².